The molecule has 166 valence electrons. The van der Waals surface area contributed by atoms with E-state index >= 15 is 0 Å². The van der Waals surface area contributed by atoms with Crippen LogP contribution in [-0.4, -0.2) is 64.3 Å². The van der Waals surface area contributed by atoms with Crippen LogP contribution in [0.2, 0.25) is 0 Å². The molecule has 1 aromatic carbocycles. The Bertz CT molecular complexity index is 1160. The minimum atomic E-state index is -0.927. The highest BCUT2D eigenvalue weighted by Crippen LogP contribution is 2.27. The Balaban J connectivity index is 1.57. The summed E-state index contributed by atoms with van der Waals surface area (Å²) < 4.78 is 15.0. The van der Waals surface area contributed by atoms with E-state index in [1.165, 1.54) is 35.8 Å². The number of amides is 4. The molecule has 4 rings (SSSR count). The number of nitrogens with one attached hydrogen (secondary N) is 2. The first kappa shape index (κ1) is 21.3. The molecule has 2 aliphatic rings. The second-order valence-electron chi connectivity index (χ2n) is 7.38. The minimum absolute atomic E-state index is 0.0524. The maximum absolute atomic E-state index is 13.5. The summed E-state index contributed by atoms with van der Waals surface area (Å²) in [6.45, 7) is 0.519. The second kappa shape index (κ2) is 8.27. The first-order valence-corrected chi connectivity index (χ1v) is 9.83. The molecule has 32 heavy (non-hydrogen) atoms. The highest BCUT2D eigenvalue weighted by molar-refractivity contribution is 5.95. The molecular weight excluding hydrogens is 421 g/mol. The molecule has 4 amide bonds. The molecule has 0 fully saturated rings. The number of hydroxylamine groups is 2. The summed E-state index contributed by atoms with van der Waals surface area (Å²) in [5, 5.41) is 19.6. The first-order chi connectivity index (χ1) is 15.3. The van der Waals surface area contributed by atoms with Crippen LogP contribution in [0.5, 0.6) is 0 Å². The van der Waals surface area contributed by atoms with Crippen molar-refractivity contribution >= 4 is 23.5 Å². The van der Waals surface area contributed by atoms with Gasteiger partial charge in [0.05, 0.1) is 24.3 Å². The molecule has 2 aromatic rings. The third-order valence-corrected chi connectivity index (χ3v) is 5.38. The zero-order valence-electron chi connectivity index (χ0n) is 17.4. The molecule has 0 aliphatic carbocycles. The van der Waals surface area contributed by atoms with Gasteiger partial charge in [-0.15, -0.1) is 0 Å². The fourth-order valence-electron chi connectivity index (χ4n) is 3.73. The number of anilines is 1. The molecule has 1 atom stereocenters. The van der Waals surface area contributed by atoms with Gasteiger partial charge in [-0.05, 0) is 18.2 Å². The molecular formula is C20H20FN7O4. The Hall–Kier alpha value is -3.98. The topological polar surface area (TPSA) is 133 Å². The number of hydrogen-bond donors (Lipinski definition) is 2. The fraction of sp³-hybridized carbons (Fsp3) is 0.350. The Morgan fingerprint density at radius 1 is 1.38 bits per heavy atom. The maximum atomic E-state index is 13.5. The molecule has 0 saturated carbocycles. The van der Waals surface area contributed by atoms with Gasteiger partial charge in [0.25, 0.3) is 11.8 Å². The molecule has 0 spiro atoms. The third kappa shape index (κ3) is 3.74. The van der Waals surface area contributed by atoms with Crippen molar-refractivity contribution in [2.24, 2.45) is 0 Å². The molecule has 0 bridgehead atoms. The van der Waals surface area contributed by atoms with Gasteiger partial charge in [0.15, 0.2) is 6.10 Å². The van der Waals surface area contributed by atoms with Crippen LogP contribution in [0.1, 0.15) is 27.3 Å². The van der Waals surface area contributed by atoms with Crippen LogP contribution in [0.15, 0.2) is 18.2 Å². The number of nitriles is 1. The van der Waals surface area contributed by atoms with Crippen LogP contribution < -0.4 is 10.6 Å². The Morgan fingerprint density at radius 3 is 2.88 bits per heavy atom. The lowest BCUT2D eigenvalue weighted by molar-refractivity contribution is -0.168. The summed E-state index contributed by atoms with van der Waals surface area (Å²) in [6.07, 6.45) is -0.512. The average molecular weight is 441 g/mol. The van der Waals surface area contributed by atoms with Crippen LogP contribution in [0, 0.1) is 17.1 Å². The standard InChI is InChI=1S/C20H20FN7O4/c1-23-18(29)16-10-28-17(19(30)26(2)32-16)13-9-27(6-5-15(13)25-28)20(31)24-12-3-4-14(21)11(7-12)8-22/h3-4,7,16H,5-6,9-10H2,1-2H3,(H,23,29)(H,24,31). The van der Waals surface area contributed by atoms with Crippen LogP contribution in [-0.2, 0) is 29.1 Å². The van der Waals surface area contributed by atoms with Crippen LogP contribution in [0.3, 0.4) is 0 Å². The Labute approximate surface area is 182 Å². The van der Waals surface area contributed by atoms with Crippen LogP contribution >= 0.6 is 0 Å². The molecule has 0 saturated heterocycles. The molecule has 2 aliphatic heterocycles. The second-order valence-corrected chi connectivity index (χ2v) is 7.38. The number of halogens is 1. The Kier molecular flexibility index (Phi) is 5.50. The highest BCUT2D eigenvalue weighted by Gasteiger charge is 2.37. The number of hydrogen-bond acceptors (Lipinski definition) is 6. The van der Waals surface area contributed by atoms with Crippen molar-refractivity contribution in [3.8, 4) is 6.07 Å². The van der Waals surface area contributed by atoms with Gasteiger partial charge >= 0.3 is 6.03 Å². The molecule has 12 heteroatoms. The van der Waals surface area contributed by atoms with Gasteiger partial charge in [-0.3, -0.25) is 19.1 Å². The van der Waals surface area contributed by atoms with E-state index < -0.39 is 23.9 Å². The van der Waals surface area contributed by atoms with Crippen molar-refractivity contribution in [1.29, 1.82) is 5.26 Å². The summed E-state index contributed by atoms with van der Waals surface area (Å²) in [6, 6.07) is 5.00. The first-order valence-electron chi connectivity index (χ1n) is 9.83. The zero-order valence-corrected chi connectivity index (χ0v) is 17.4. The van der Waals surface area contributed by atoms with Crippen LogP contribution in [0.25, 0.3) is 0 Å². The molecule has 11 nitrogen and oxygen atoms in total. The lowest BCUT2D eigenvalue weighted by Gasteiger charge is -2.27. The van der Waals surface area contributed by atoms with E-state index in [1.807, 2.05) is 0 Å². The number of carbonyl (C=O) groups excluding carboxylic acids is 3. The van der Waals surface area contributed by atoms with E-state index in [9.17, 15) is 18.8 Å². The predicted molar refractivity (Wildman–Crippen MR) is 108 cm³/mol. The lowest BCUT2D eigenvalue weighted by Crippen LogP contribution is -2.41. The van der Waals surface area contributed by atoms with Crippen molar-refractivity contribution < 1.29 is 23.6 Å². The summed E-state index contributed by atoms with van der Waals surface area (Å²) >= 11 is 0. The van der Waals surface area contributed by atoms with Gasteiger partial charge in [0.1, 0.15) is 17.6 Å². The number of carbonyl (C=O) groups is 3. The highest BCUT2D eigenvalue weighted by atomic mass is 19.1. The monoisotopic (exact) mass is 441 g/mol. The van der Waals surface area contributed by atoms with Gasteiger partial charge in [-0.1, -0.05) is 0 Å². The summed E-state index contributed by atoms with van der Waals surface area (Å²) in [5.41, 5.74) is 1.63. The predicted octanol–water partition coefficient (Wildman–Crippen LogP) is 0.616. The van der Waals surface area contributed by atoms with E-state index in [4.69, 9.17) is 10.1 Å². The smallest absolute Gasteiger partial charge is 0.322 e. The van der Waals surface area contributed by atoms with Crippen molar-refractivity contribution in [3.05, 3.63) is 46.5 Å². The molecule has 0 radical (unpaired) electrons. The lowest BCUT2D eigenvalue weighted by atomic mass is 10.1. The van der Waals surface area contributed by atoms with Gasteiger partial charge < -0.3 is 15.5 Å². The van der Waals surface area contributed by atoms with E-state index in [1.54, 1.807) is 6.07 Å². The minimum Gasteiger partial charge on any atom is -0.357 e. The molecule has 1 aromatic heterocycles. The summed E-state index contributed by atoms with van der Waals surface area (Å²) in [4.78, 5) is 44.7. The largest absolute Gasteiger partial charge is 0.357 e. The zero-order chi connectivity index (χ0) is 23.0. The van der Waals surface area contributed by atoms with Crippen LogP contribution in [0.4, 0.5) is 14.9 Å². The third-order valence-electron chi connectivity index (χ3n) is 5.38. The maximum Gasteiger partial charge on any atom is 0.322 e. The van der Waals surface area contributed by atoms with Crippen molar-refractivity contribution in [2.75, 3.05) is 26.0 Å². The van der Waals surface area contributed by atoms with Gasteiger partial charge in [-0.25, -0.2) is 14.2 Å². The average Bonchev–Trinajstić information content (AvgIpc) is 3.09. The SMILES string of the molecule is CNC(=O)C1Cn2nc3c(c2C(=O)N(C)O1)CN(C(=O)Nc1ccc(F)c(C#N)c1)CC3. The number of benzene rings is 1. The van der Waals surface area contributed by atoms with Gasteiger partial charge in [-0.2, -0.15) is 10.4 Å². The van der Waals surface area contributed by atoms with Gasteiger partial charge in [0, 0.05) is 38.3 Å². The summed E-state index contributed by atoms with van der Waals surface area (Å²) in [7, 11) is 2.90. The van der Waals surface area contributed by atoms with E-state index in [0.717, 1.165) is 11.1 Å². The normalized spacial score (nSPS) is 17.7. The quantitative estimate of drug-likeness (QED) is 0.702. The Morgan fingerprint density at radius 2 is 2.16 bits per heavy atom. The fourth-order valence-corrected chi connectivity index (χ4v) is 3.73. The number of nitrogens with zero attached hydrogens (tertiary/aromatic N) is 5. The molecule has 1 unspecified atom stereocenters. The number of fused-ring (bicyclic) bond motifs is 3. The van der Waals surface area contributed by atoms with E-state index in [-0.39, 0.29) is 35.9 Å². The number of aromatic nitrogens is 2. The van der Waals surface area contributed by atoms with Crippen molar-refractivity contribution in [3.63, 3.8) is 0 Å². The van der Waals surface area contributed by atoms with Crippen molar-refractivity contribution in [2.45, 2.75) is 25.6 Å². The summed E-state index contributed by atoms with van der Waals surface area (Å²) in [5.74, 6) is -1.52. The number of urea groups is 1. The number of likely N-dealkylation sites (N-methyl/N-ethyl adjacent to an activating group) is 1. The molecule has 2 N–H and O–H groups in total. The number of rotatable bonds is 2. The van der Waals surface area contributed by atoms with E-state index in [0.29, 0.717) is 24.2 Å². The van der Waals surface area contributed by atoms with Crippen molar-refractivity contribution in [1.82, 2.24) is 25.1 Å². The van der Waals surface area contributed by atoms with Gasteiger partial charge in [0.2, 0.25) is 0 Å². The van der Waals surface area contributed by atoms with E-state index in [2.05, 4.69) is 15.7 Å². The molecule has 3 heterocycles.